The number of hydrogen-bond donors (Lipinski definition) is 2. The predicted octanol–water partition coefficient (Wildman–Crippen LogP) is 3.10. The number of aromatic nitrogens is 1. The summed E-state index contributed by atoms with van der Waals surface area (Å²) in [4.78, 5) is 41.4. The molecule has 1 aromatic carbocycles. The van der Waals surface area contributed by atoms with Crippen molar-refractivity contribution in [3.05, 3.63) is 47.6 Å². The number of rotatable bonds is 7. The minimum atomic E-state index is -0.454. The number of thioether (sulfide) groups is 1. The molecule has 164 valence electrons. The van der Waals surface area contributed by atoms with E-state index in [1.165, 1.54) is 28.9 Å². The van der Waals surface area contributed by atoms with E-state index in [0.29, 0.717) is 41.8 Å². The SMILES string of the molecule is COc1ccc(Cl)cc1NC(=O)N1CCCN1C(=O)CSCC(=O)Nc1ccccn1. The van der Waals surface area contributed by atoms with Gasteiger partial charge in [-0.2, -0.15) is 0 Å². The van der Waals surface area contributed by atoms with Crippen molar-refractivity contribution in [3.63, 3.8) is 0 Å². The topological polar surface area (TPSA) is 104 Å². The third-order valence-electron chi connectivity index (χ3n) is 4.35. The van der Waals surface area contributed by atoms with Crippen LogP contribution in [0.15, 0.2) is 42.6 Å². The van der Waals surface area contributed by atoms with Crippen molar-refractivity contribution in [1.29, 1.82) is 0 Å². The number of nitrogens with zero attached hydrogens (tertiary/aromatic N) is 3. The van der Waals surface area contributed by atoms with Crippen LogP contribution < -0.4 is 15.4 Å². The molecule has 0 spiro atoms. The zero-order chi connectivity index (χ0) is 22.2. The van der Waals surface area contributed by atoms with Crippen LogP contribution >= 0.6 is 23.4 Å². The molecular formula is C20H22ClN5O4S. The molecule has 1 aromatic heterocycles. The first-order valence-corrected chi connectivity index (χ1v) is 11.0. The van der Waals surface area contributed by atoms with E-state index in [0.717, 1.165) is 0 Å². The summed E-state index contributed by atoms with van der Waals surface area (Å²) in [7, 11) is 1.49. The summed E-state index contributed by atoms with van der Waals surface area (Å²) in [5.74, 6) is 0.589. The number of ether oxygens (including phenoxy) is 1. The summed E-state index contributed by atoms with van der Waals surface area (Å²) >= 11 is 7.18. The molecule has 0 unspecified atom stereocenters. The Labute approximate surface area is 189 Å². The van der Waals surface area contributed by atoms with Gasteiger partial charge in [0, 0.05) is 24.3 Å². The molecule has 0 saturated carbocycles. The Balaban J connectivity index is 1.51. The van der Waals surface area contributed by atoms with Gasteiger partial charge in [0.05, 0.1) is 24.3 Å². The van der Waals surface area contributed by atoms with Crippen LogP contribution in [0.2, 0.25) is 5.02 Å². The van der Waals surface area contributed by atoms with E-state index in [-0.39, 0.29) is 23.3 Å². The molecule has 2 N–H and O–H groups in total. The number of methoxy groups -OCH3 is 1. The number of carbonyl (C=O) groups excluding carboxylic acids is 3. The van der Waals surface area contributed by atoms with E-state index in [1.54, 1.807) is 42.6 Å². The summed E-state index contributed by atoms with van der Waals surface area (Å²) in [6, 6.07) is 9.64. The van der Waals surface area contributed by atoms with Gasteiger partial charge in [0.15, 0.2) is 0 Å². The van der Waals surface area contributed by atoms with Crippen molar-refractivity contribution < 1.29 is 19.1 Å². The highest BCUT2D eigenvalue weighted by molar-refractivity contribution is 8.00. The maximum atomic E-state index is 12.7. The molecule has 0 aliphatic carbocycles. The zero-order valence-corrected chi connectivity index (χ0v) is 18.4. The molecule has 3 rings (SSSR count). The van der Waals surface area contributed by atoms with Gasteiger partial charge in [-0.3, -0.25) is 9.59 Å². The monoisotopic (exact) mass is 463 g/mol. The van der Waals surface area contributed by atoms with Crippen molar-refractivity contribution in [2.24, 2.45) is 0 Å². The van der Waals surface area contributed by atoms with Gasteiger partial charge in [0.2, 0.25) is 5.91 Å². The van der Waals surface area contributed by atoms with Crippen molar-refractivity contribution in [2.45, 2.75) is 6.42 Å². The van der Waals surface area contributed by atoms with Gasteiger partial charge in [-0.15, -0.1) is 11.8 Å². The fraction of sp³-hybridized carbons (Fsp3) is 0.300. The summed E-state index contributed by atoms with van der Waals surface area (Å²) in [5, 5.41) is 8.61. The number of anilines is 2. The number of urea groups is 1. The smallest absolute Gasteiger partial charge is 0.340 e. The highest BCUT2D eigenvalue weighted by Crippen LogP contribution is 2.28. The molecule has 1 aliphatic heterocycles. The first kappa shape index (κ1) is 22.7. The predicted molar refractivity (Wildman–Crippen MR) is 120 cm³/mol. The quantitative estimate of drug-likeness (QED) is 0.654. The third kappa shape index (κ3) is 6.25. The van der Waals surface area contributed by atoms with Crippen molar-refractivity contribution >= 4 is 52.7 Å². The second-order valence-corrected chi connectivity index (χ2v) is 7.95. The van der Waals surface area contributed by atoms with Crippen LogP contribution in [0, 0.1) is 0 Å². The Kier molecular flexibility index (Phi) is 7.96. The Morgan fingerprint density at radius 1 is 1.13 bits per heavy atom. The average Bonchev–Trinajstić information content (AvgIpc) is 3.25. The molecule has 0 bridgehead atoms. The average molecular weight is 464 g/mol. The van der Waals surface area contributed by atoms with Crippen LogP contribution in [-0.2, 0) is 9.59 Å². The number of halogens is 1. The summed E-state index contributed by atoms with van der Waals surface area (Å²) < 4.78 is 5.24. The molecule has 9 nitrogen and oxygen atoms in total. The highest BCUT2D eigenvalue weighted by atomic mass is 35.5. The third-order valence-corrected chi connectivity index (χ3v) is 5.50. The summed E-state index contributed by atoms with van der Waals surface area (Å²) in [6.07, 6.45) is 2.24. The van der Waals surface area contributed by atoms with Crippen LogP contribution in [0.1, 0.15) is 6.42 Å². The van der Waals surface area contributed by atoms with Crippen molar-refractivity contribution in [3.8, 4) is 5.75 Å². The zero-order valence-electron chi connectivity index (χ0n) is 16.8. The molecular weight excluding hydrogens is 442 g/mol. The Hall–Kier alpha value is -2.98. The number of pyridine rings is 1. The number of carbonyl (C=O) groups is 3. The lowest BCUT2D eigenvalue weighted by molar-refractivity contribution is -0.136. The van der Waals surface area contributed by atoms with Crippen molar-refractivity contribution in [2.75, 3.05) is 42.3 Å². The van der Waals surface area contributed by atoms with E-state index in [2.05, 4.69) is 15.6 Å². The Morgan fingerprint density at radius 2 is 1.94 bits per heavy atom. The van der Waals surface area contributed by atoms with E-state index >= 15 is 0 Å². The number of nitrogens with one attached hydrogen (secondary N) is 2. The molecule has 1 fully saturated rings. The molecule has 2 aromatic rings. The van der Waals surface area contributed by atoms with Crippen LogP contribution in [0.3, 0.4) is 0 Å². The Morgan fingerprint density at radius 3 is 2.68 bits per heavy atom. The molecule has 1 aliphatic rings. The first-order valence-electron chi connectivity index (χ1n) is 9.49. The van der Waals surface area contributed by atoms with Gasteiger partial charge in [-0.25, -0.2) is 19.8 Å². The van der Waals surface area contributed by atoms with Gasteiger partial charge in [-0.1, -0.05) is 17.7 Å². The lowest BCUT2D eigenvalue weighted by atomic mass is 10.3. The molecule has 2 heterocycles. The lowest BCUT2D eigenvalue weighted by Gasteiger charge is -2.28. The van der Waals surface area contributed by atoms with E-state index in [4.69, 9.17) is 16.3 Å². The first-order chi connectivity index (χ1) is 15.0. The minimum Gasteiger partial charge on any atom is -0.495 e. The summed E-state index contributed by atoms with van der Waals surface area (Å²) in [6.45, 7) is 0.838. The summed E-state index contributed by atoms with van der Waals surface area (Å²) in [5.41, 5.74) is 0.417. The fourth-order valence-corrected chi connectivity index (χ4v) is 3.82. The largest absolute Gasteiger partial charge is 0.495 e. The standard InChI is InChI=1S/C20H22ClN5O4S/c1-30-16-7-6-14(21)11-15(16)23-20(29)26-10-4-9-25(26)19(28)13-31-12-18(27)24-17-5-2-3-8-22-17/h2-3,5-8,11H,4,9-10,12-13H2,1H3,(H,23,29)(H,22,24,27). The van der Waals surface area contributed by atoms with Crippen LogP contribution in [0.25, 0.3) is 0 Å². The molecule has 31 heavy (non-hydrogen) atoms. The van der Waals surface area contributed by atoms with E-state index < -0.39 is 6.03 Å². The molecule has 4 amide bonds. The maximum Gasteiger partial charge on any atom is 0.340 e. The Bertz CT molecular complexity index is 946. The maximum absolute atomic E-state index is 12.7. The van der Waals surface area contributed by atoms with Crippen LogP contribution in [0.5, 0.6) is 5.75 Å². The van der Waals surface area contributed by atoms with E-state index in [9.17, 15) is 14.4 Å². The second kappa shape index (κ2) is 10.9. The fourth-order valence-electron chi connectivity index (χ4n) is 2.96. The number of amides is 4. The lowest BCUT2D eigenvalue weighted by Crippen LogP contribution is -2.47. The number of hydrazine groups is 1. The molecule has 11 heteroatoms. The van der Waals surface area contributed by atoms with Gasteiger partial charge in [0.1, 0.15) is 11.6 Å². The van der Waals surface area contributed by atoms with Gasteiger partial charge >= 0.3 is 6.03 Å². The van der Waals surface area contributed by atoms with Crippen LogP contribution in [-0.4, -0.2) is 64.6 Å². The minimum absolute atomic E-state index is 0.0693. The van der Waals surface area contributed by atoms with Crippen LogP contribution in [0.4, 0.5) is 16.3 Å². The van der Waals surface area contributed by atoms with E-state index in [1.807, 2.05) is 0 Å². The van der Waals surface area contributed by atoms with Gasteiger partial charge < -0.3 is 15.4 Å². The van der Waals surface area contributed by atoms with Crippen molar-refractivity contribution in [1.82, 2.24) is 15.0 Å². The molecule has 1 saturated heterocycles. The second-order valence-electron chi connectivity index (χ2n) is 6.52. The normalized spacial score (nSPS) is 13.1. The number of benzene rings is 1. The highest BCUT2D eigenvalue weighted by Gasteiger charge is 2.31. The number of hydrogen-bond acceptors (Lipinski definition) is 6. The molecule has 0 radical (unpaired) electrons. The van der Waals surface area contributed by atoms with Gasteiger partial charge in [0.25, 0.3) is 5.91 Å². The van der Waals surface area contributed by atoms with Gasteiger partial charge in [-0.05, 0) is 36.8 Å². The molecule has 0 atom stereocenters.